The van der Waals surface area contributed by atoms with E-state index in [0.29, 0.717) is 5.69 Å². The van der Waals surface area contributed by atoms with E-state index in [4.69, 9.17) is 0 Å². The van der Waals surface area contributed by atoms with Crippen molar-refractivity contribution in [1.29, 1.82) is 0 Å². The quantitative estimate of drug-likeness (QED) is 0.127. The maximum atomic E-state index is 12.7. The van der Waals surface area contributed by atoms with Crippen LogP contribution in [0.15, 0.2) is 63.9 Å². The monoisotopic (exact) mass is 519 g/mol. The molecule has 0 atom stereocenters. The second-order valence-electron chi connectivity index (χ2n) is 7.86. The third-order valence-electron chi connectivity index (χ3n) is 5.50. The number of thiazole rings is 1. The molecular formula is C26H23N4O4S2-. The Morgan fingerprint density at radius 1 is 1.14 bits per heavy atom. The number of rotatable bonds is 9. The molecule has 0 aliphatic carbocycles. The van der Waals surface area contributed by atoms with E-state index in [2.05, 4.69) is 29.1 Å². The molecule has 10 heteroatoms. The van der Waals surface area contributed by atoms with Crippen LogP contribution < -0.4 is 10.4 Å². The number of thioether (sulfide) groups is 1. The Hall–Kier alpha value is -3.76. The minimum absolute atomic E-state index is 0.0782. The Kier molecular flexibility index (Phi) is 7.97. The first-order chi connectivity index (χ1) is 17.4. The molecule has 1 heterocycles. The summed E-state index contributed by atoms with van der Waals surface area (Å²) in [6, 6.07) is 15.0. The molecule has 8 nitrogen and oxygen atoms in total. The molecule has 0 spiro atoms. The fraction of sp³-hybridized carbons (Fsp3) is 0.192. The summed E-state index contributed by atoms with van der Waals surface area (Å²) in [4.78, 5) is 32.0. The van der Waals surface area contributed by atoms with Crippen LogP contribution in [0.3, 0.4) is 0 Å². The zero-order valence-electron chi connectivity index (χ0n) is 19.7. The van der Waals surface area contributed by atoms with Gasteiger partial charge < -0.3 is 10.4 Å². The van der Waals surface area contributed by atoms with Crippen molar-refractivity contribution in [3.8, 4) is 5.75 Å². The first-order valence-electron chi connectivity index (χ1n) is 11.3. The van der Waals surface area contributed by atoms with Crippen LogP contribution in [0.2, 0.25) is 0 Å². The van der Waals surface area contributed by atoms with Gasteiger partial charge >= 0.3 is 0 Å². The highest BCUT2D eigenvalue weighted by Gasteiger charge is 2.12. The fourth-order valence-corrected chi connectivity index (χ4v) is 5.54. The lowest BCUT2D eigenvalue weighted by molar-refractivity contribution is -0.385. The standard InChI is InChI=1S/C26H24N4O4S2/c1-3-16-6-5-7-17(4-2)25(16)29-24(32)15-35-26-28-21-10-8-19(13-23(21)36-26)27-14-18-12-20(30(33)34)9-11-22(18)31/h5-14,31H,3-4,15H2,1-2H3,(H,29,32)/p-1. The van der Waals surface area contributed by atoms with Gasteiger partial charge in [0.05, 0.1) is 26.6 Å². The van der Waals surface area contributed by atoms with E-state index in [1.807, 2.05) is 30.3 Å². The molecule has 3 aromatic carbocycles. The van der Waals surface area contributed by atoms with Crippen molar-refractivity contribution in [3.05, 3.63) is 81.4 Å². The van der Waals surface area contributed by atoms with E-state index in [-0.39, 0.29) is 28.7 Å². The maximum absolute atomic E-state index is 12.7. The molecule has 4 rings (SSSR count). The van der Waals surface area contributed by atoms with Crippen LogP contribution in [0, 0.1) is 10.1 Å². The van der Waals surface area contributed by atoms with Gasteiger partial charge in [0.25, 0.3) is 5.69 Å². The number of hydrogen-bond acceptors (Lipinski definition) is 8. The number of aromatic nitrogens is 1. The van der Waals surface area contributed by atoms with Crippen molar-refractivity contribution in [2.45, 2.75) is 31.0 Å². The number of para-hydroxylation sites is 1. The molecule has 0 radical (unpaired) electrons. The van der Waals surface area contributed by atoms with Crippen LogP contribution in [0.25, 0.3) is 10.2 Å². The highest BCUT2D eigenvalue weighted by atomic mass is 32.2. The molecule has 4 aromatic rings. The van der Waals surface area contributed by atoms with Crippen molar-refractivity contribution in [3.63, 3.8) is 0 Å². The smallest absolute Gasteiger partial charge is 0.270 e. The lowest BCUT2D eigenvalue weighted by atomic mass is 10.0. The molecule has 0 aliphatic rings. The van der Waals surface area contributed by atoms with Crippen LogP contribution in [0.1, 0.15) is 30.5 Å². The number of nitrogens with zero attached hydrogens (tertiary/aromatic N) is 3. The van der Waals surface area contributed by atoms with E-state index in [1.165, 1.54) is 41.4 Å². The summed E-state index contributed by atoms with van der Waals surface area (Å²) < 4.78 is 1.65. The predicted molar refractivity (Wildman–Crippen MR) is 144 cm³/mol. The summed E-state index contributed by atoms with van der Waals surface area (Å²) in [5.41, 5.74) is 4.51. The molecule has 184 valence electrons. The Balaban J connectivity index is 1.44. The van der Waals surface area contributed by atoms with E-state index < -0.39 is 4.92 Å². The topological polar surface area (TPSA) is 121 Å². The number of aryl methyl sites for hydroxylation is 2. The average Bonchev–Trinajstić information content (AvgIpc) is 3.29. The largest absolute Gasteiger partial charge is 0.872 e. The van der Waals surface area contributed by atoms with Crippen LogP contribution in [-0.4, -0.2) is 27.8 Å². The van der Waals surface area contributed by atoms with Crippen molar-refractivity contribution >= 4 is 62.5 Å². The Labute approximate surface area is 216 Å². The van der Waals surface area contributed by atoms with E-state index >= 15 is 0 Å². The van der Waals surface area contributed by atoms with Gasteiger partial charge in [-0.05, 0) is 47.7 Å². The Bertz CT molecular complexity index is 1440. The first kappa shape index (κ1) is 25.3. The zero-order valence-corrected chi connectivity index (χ0v) is 21.3. The third-order valence-corrected chi connectivity index (χ3v) is 7.66. The van der Waals surface area contributed by atoms with Gasteiger partial charge in [0.15, 0.2) is 4.34 Å². The number of non-ortho nitro benzene ring substituents is 1. The van der Waals surface area contributed by atoms with Crippen LogP contribution in [0.5, 0.6) is 5.75 Å². The van der Waals surface area contributed by atoms with Gasteiger partial charge in [-0.25, -0.2) is 4.98 Å². The SMILES string of the molecule is CCc1cccc(CC)c1NC(=O)CSc1nc2ccc(N=Cc3cc([N+](=O)[O-])ccc3[O-])cc2s1. The number of amides is 1. The van der Waals surface area contributed by atoms with Gasteiger partial charge in [-0.1, -0.05) is 55.6 Å². The summed E-state index contributed by atoms with van der Waals surface area (Å²) in [6.07, 6.45) is 3.02. The number of anilines is 1. The number of aliphatic imine (C=N–C) groups is 1. The highest BCUT2D eigenvalue weighted by Crippen LogP contribution is 2.32. The van der Waals surface area contributed by atoms with Gasteiger partial charge in [0, 0.05) is 24.0 Å². The molecule has 1 amide bonds. The molecular weight excluding hydrogens is 496 g/mol. The second kappa shape index (κ2) is 11.3. The van der Waals surface area contributed by atoms with Gasteiger partial charge in [-0.3, -0.25) is 19.9 Å². The van der Waals surface area contributed by atoms with Crippen molar-refractivity contribution in [2.24, 2.45) is 4.99 Å². The van der Waals surface area contributed by atoms with Crippen molar-refractivity contribution < 1.29 is 14.8 Å². The van der Waals surface area contributed by atoms with Crippen LogP contribution in [-0.2, 0) is 17.6 Å². The summed E-state index contributed by atoms with van der Waals surface area (Å²) in [5, 5.41) is 26.0. The Morgan fingerprint density at radius 2 is 1.89 bits per heavy atom. The number of hydrogen-bond donors (Lipinski definition) is 1. The molecule has 0 fully saturated rings. The number of carbonyl (C=O) groups excluding carboxylic acids is 1. The van der Waals surface area contributed by atoms with Crippen molar-refractivity contribution in [2.75, 3.05) is 11.1 Å². The minimum atomic E-state index is -0.551. The normalized spacial score (nSPS) is 11.3. The van der Waals surface area contributed by atoms with Gasteiger partial charge in [0.2, 0.25) is 5.91 Å². The number of nitro benzene ring substituents is 1. The van der Waals surface area contributed by atoms with E-state index in [0.717, 1.165) is 50.3 Å². The summed E-state index contributed by atoms with van der Waals surface area (Å²) in [6.45, 7) is 4.14. The van der Waals surface area contributed by atoms with Crippen LogP contribution >= 0.6 is 23.1 Å². The number of carbonyl (C=O) groups is 1. The number of fused-ring (bicyclic) bond motifs is 1. The second-order valence-corrected chi connectivity index (χ2v) is 10.1. The molecule has 0 aliphatic heterocycles. The predicted octanol–water partition coefficient (Wildman–Crippen LogP) is 5.88. The molecule has 1 aromatic heterocycles. The summed E-state index contributed by atoms with van der Waals surface area (Å²) >= 11 is 2.83. The lowest BCUT2D eigenvalue weighted by Gasteiger charge is -2.14. The van der Waals surface area contributed by atoms with Crippen molar-refractivity contribution in [1.82, 2.24) is 4.98 Å². The Morgan fingerprint density at radius 3 is 2.58 bits per heavy atom. The molecule has 36 heavy (non-hydrogen) atoms. The molecule has 0 saturated heterocycles. The lowest BCUT2D eigenvalue weighted by Crippen LogP contribution is -2.16. The van der Waals surface area contributed by atoms with Gasteiger partial charge in [-0.2, -0.15) is 0 Å². The third kappa shape index (κ3) is 5.89. The molecule has 0 unspecified atom stereocenters. The molecule has 0 saturated carbocycles. The maximum Gasteiger partial charge on any atom is 0.270 e. The first-order valence-corrected chi connectivity index (χ1v) is 13.1. The van der Waals surface area contributed by atoms with E-state index in [9.17, 15) is 20.0 Å². The number of nitro groups is 1. The molecule has 1 N–H and O–H groups in total. The number of benzene rings is 3. The number of nitrogens with one attached hydrogen (secondary N) is 1. The average molecular weight is 520 g/mol. The van der Waals surface area contributed by atoms with Gasteiger partial charge in [-0.15, -0.1) is 11.3 Å². The fourth-order valence-electron chi connectivity index (χ4n) is 3.63. The van der Waals surface area contributed by atoms with E-state index in [1.54, 1.807) is 6.07 Å². The summed E-state index contributed by atoms with van der Waals surface area (Å²) in [5.74, 6) is -0.177. The zero-order chi connectivity index (χ0) is 25.7. The highest BCUT2D eigenvalue weighted by molar-refractivity contribution is 8.01. The minimum Gasteiger partial charge on any atom is -0.872 e. The molecule has 0 bridgehead atoms. The van der Waals surface area contributed by atoms with Crippen LogP contribution in [0.4, 0.5) is 17.1 Å². The summed E-state index contributed by atoms with van der Waals surface area (Å²) in [7, 11) is 0. The van der Waals surface area contributed by atoms with Gasteiger partial charge in [0.1, 0.15) is 0 Å².